The van der Waals surface area contributed by atoms with Crippen LogP contribution in [0.1, 0.15) is 33.1 Å². The van der Waals surface area contributed by atoms with Gasteiger partial charge in [0.25, 0.3) is 0 Å². The maximum Gasteiger partial charge on any atom is 0.235 e. The minimum absolute atomic E-state index is 0.0701. The van der Waals surface area contributed by atoms with Crippen LogP contribution in [0.4, 0.5) is 0 Å². The van der Waals surface area contributed by atoms with Crippen LogP contribution < -0.4 is 5.73 Å². The number of rotatable bonds is 5. The number of hydrogen-bond acceptors (Lipinski definition) is 3. The van der Waals surface area contributed by atoms with E-state index in [4.69, 9.17) is 5.73 Å². The number of carbonyl (C=O) groups is 1. The lowest BCUT2D eigenvalue weighted by Gasteiger charge is -2.20. The van der Waals surface area contributed by atoms with Gasteiger partial charge in [-0.1, -0.05) is 6.92 Å². The van der Waals surface area contributed by atoms with Gasteiger partial charge in [-0.25, -0.2) is 0 Å². The summed E-state index contributed by atoms with van der Waals surface area (Å²) in [6.45, 7) is 5.97. The summed E-state index contributed by atoms with van der Waals surface area (Å²) in [5.74, 6) is 1.18. The van der Waals surface area contributed by atoms with Crippen molar-refractivity contribution in [3.8, 4) is 0 Å². The predicted octanol–water partition coefficient (Wildman–Crippen LogP) is 1.47. The van der Waals surface area contributed by atoms with Crippen molar-refractivity contribution in [2.45, 2.75) is 44.4 Å². The van der Waals surface area contributed by atoms with Gasteiger partial charge in [0.15, 0.2) is 0 Å². The summed E-state index contributed by atoms with van der Waals surface area (Å²) in [6.07, 6.45) is 3.31. The highest BCUT2D eigenvalue weighted by Gasteiger charge is 2.23. The fourth-order valence-corrected chi connectivity index (χ4v) is 2.71. The second-order valence-corrected chi connectivity index (χ2v) is 5.55. The molecule has 1 aliphatic heterocycles. The molecular weight excluding hydrogens is 208 g/mol. The Kier molecular flexibility index (Phi) is 5.47. The number of nitrogens with zero attached hydrogens (tertiary/aromatic N) is 1. The van der Waals surface area contributed by atoms with Gasteiger partial charge in [-0.3, -0.25) is 4.79 Å². The summed E-state index contributed by atoms with van der Waals surface area (Å²) >= 11 is 1.69. The van der Waals surface area contributed by atoms with Crippen molar-refractivity contribution >= 4 is 17.7 Å². The molecule has 0 aliphatic carbocycles. The first-order valence-electron chi connectivity index (χ1n) is 5.81. The Morgan fingerprint density at radius 2 is 2.07 bits per heavy atom. The van der Waals surface area contributed by atoms with Gasteiger partial charge >= 0.3 is 0 Å². The zero-order valence-electron chi connectivity index (χ0n) is 9.74. The molecule has 4 heteroatoms. The smallest absolute Gasteiger partial charge is 0.235 e. The maximum atomic E-state index is 11.9. The number of hydrogen-bond donors (Lipinski definition) is 1. The van der Waals surface area contributed by atoms with Crippen molar-refractivity contribution in [1.29, 1.82) is 0 Å². The third-order valence-corrected chi connectivity index (χ3v) is 4.17. The standard InChI is InChI=1S/C11H22N2OS/c1-3-10(12)8-15-9(2)11(14)13-6-4-5-7-13/h9-10H,3-8,12H2,1-2H3. The first-order valence-corrected chi connectivity index (χ1v) is 6.86. The summed E-state index contributed by atoms with van der Waals surface area (Å²) in [6, 6.07) is 0.226. The lowest BCUT2D eigenvalue weighted by atomic mass is 10.3. The molecule has 0 aromatic carbocycles. The molecule has 1 heterocycles. The maximum absolute atomic E-state index is 11.9. The lowest BCUT2D eigenvalue weighted by Crippen LogP contribution is -2.35. The van der Waals surface area contributed by atoms with E-state index in [-0.39, 0.29) is 11.3 Å². The molecule has 1 saturated heterocycles. The molecule has 0 aromatic rings. The first-order chi connectivity index (χ1) is 7.15. The van der Waals surface area contributed by atoms with E-state index in [2.05, 4.69) is 6.92 Å². The third kappa shape index (κ3) is 4.03. The van der Waals surface area contributed by atoms with Crippen LogP contribution in [0, 0.1) is 0 Å². The molecule has 2 atom stereocenters. The molecule has 0 saturated carbocycles. The average molecular weight is 230 g/mol. The van der Waals surface area contributed by atoms with Crippen LogP contribution in [0.25, 0.3) is 0 Å². The van der Waals surface area contributed by atoms with Crippen LogP contribution in [0.2, 0.25) is 0 Å². The highest BCUT2D eigenvalue weighted by Crippen LogP contribution is 2.18. The Morgan fingerprint density at radius 1 is 1.47 bits per heavy atom. The number of nitrogens with two attached hydrogens (primary N) is 1. The van der Waals surface area contributed by atoms with E-state index in [1.807, 2.05) is 11.8 Å². The topological polar surface area (TPSA) is 46.3 Å². The van der Waals surface area contributed by atoms with E-state index in [0.29, 0.717) is 5.91 Å². The van der Waals surface area contributed by atoms with E-state index < -0.39 is 0 Å². The third-order valence-electron chi connectivity index (χ3n) is 2.85. The fraction of sp³-hybridized carbons (Fsp3) is 0.909. The quantitative estimate of drug-likeness (QED) is 0.778. The predicted molar refractivity (Wildman–Crippen MR) is 66.0 cm³/mol. The first kappa shape index (κ1) is 12.8. The van der Waals surface area contributed by atoms with Crippen LogP contribution in [0.15, 0.2) is 0 Å². The largest absolute Gasteiger partial charge is 0.342 e. The minimum atomic E-state index is 0.0701. The Labute approximate surface area is 96.8 Å². The second-order valence-electron chi connectivity index (χ2n) is 4.18. The van der Waals surface area contributed by atoms with Crippen LogP contribution in [0.3, 0.4) is 0 Å². The molecule has 0 aromatic heterocycles. The van der Waals surface area contributed by atoms with E-state index in [9.17, 15) is 4.79 Å². The van der Waals surface area contributed by atoms with Gasteiger partial charge in [0.2, 0.25) is 5.91 Å². The van der Waals surface area contributed by atoms with Crippen molar-refractivity contribution in [1.82, 2.24) is 4.90 Å². The Morgan fingerprint density at radius 3 is 2.60 bits per heavy atom. The van der Waals surface area contributed by atoms with Gasteiger partial charge in [-0.2, -0.15) is 0 Å². The van der Waals surface area contributed by atoms with Crippen LogP contribution in [0.5, 0.6) is 0 Å². The minimum Gasteiger partial charge on any atom is -0.342 e. The molecule has 1 aliphatic rings. The monoisotopic (exact) mass is 230 g/mol. The Balaban J connectivity index is 2.26. The number of carbonyl (C=O) groups excluding carboxylic acids is 1. The summed E-state index contributed by atoms with van der Waals surface area (Å²) in [4.78, 5) is 13.9. The Bertz CT molecular complexity index is 205. The van der Waals surface area contributed by atoms with E-state index in [0.717, 1.165) is 38.1 Å². The summed E-state index contributed by atoms with van der Waals surface area (Å²) < 4.78 is 0. The molecular formula is C11H22N2OS. The molecule has 3 nitrogen and oxygen atoms in total. The van der Waals surface area contributed by atoms with E-state index in [1.54, 1.807) is 11.8 Å². The molecule has 0 radical (unpaired) electrons. The van der Waals surface area contributed by atoms with Crippen LogP contribution in [-0.4, -0.2) is 40.9 Å². The molecule has 1 rings (SSSR count). The average Bonchev–Trinajstić information content (AvgIpc) is 2.77. The van der Waals surface area contributed by atoms with Gasteiger partial charge in [-0.15, -0.1) is 11.8 Å². The van der Waals surface area contributed by atoms with Gasteiger partial charge in [0, 0.05) is 24.9 Å². The fourth-order valence-electron chi connectivity index (χ4n) is 1.65. The molecule has 1 fully saturated rings. The van der Waals surface area contributed by atoms with Crippen LogP contribution in [-0.2, 0) is 4.79 Å². The highest BCUT2D eigenvalue weighted by molar-refractivity contribution is 8.00. The molecule has 2 unspecified atom stereocenters. The number of thioether (sulfide) groups is 1. The van der Waals surface area contributed by atoms with Gasteiger partial charge in [0.1, 0.15) is 0 Å². The van der Waals surface area contributed by atoms with Crippen molar-refractivity contribution < 1.29 is 4.79 Å². The molecule has 15 heavy (non-hydrogen) atoms. The molecule has 0 bridgehead atoms. The highest BCUT2D eigenvalue weighted by atomic mass is 32.2. The van der Waals surface area contributed by atoms with Gasteiger partial charge in [0.05, 0.1) is 5.25 Å². The van der Waals surface area contributed by atoms with E-state index in [1.165, 1.54) is 0 Å². The lowest BCUT2D eigenvalue weighted by molar-refractivity contribution is -0.129. The molecule has 1 amide bonds. The van der Waals surface area contributed by atoms with Gasteiger partial charge in [-0.05, 0) is 26.2 Å². The normalized spacial score (nSPS) is 20.3. The van der Waals surface area contributed by atoms with E-state index >= 15 is 0 Å². The molecule has 2 N–H and O–H groups in total. The van der Waals surface area contributed by atoms with Crippen molar-refractivity contribution in [2.75, 3.05) is 18.8 Å². The van der Waals surface area contributed by atoms with Crippen molar-refractivity contribution in [3.63, 3.8) is 0 Å². The van der Waals surface area contributed by atoms with Crippen LogP contribution >= 0.6 is 11.8 Å². The zero-order chi connectivity index (χ0) is 11.3. The summed E-state index contributed by atoms with van der Waals surface area (Å²) in [5, 5.41) is 0.0701. The summed E-state index contributed by atoms with van der Waals surface area (Å²) in [7, 11) is 0. The van der Waals surface area contributed by atoms with Crippen molar-refractivity contribution in [2.24, 2.45) is 5.73 Å². The Hall–Kier alpha value is -0.220. The SMILES string of the molecule is CCC(N)CSC(C)C(=O)N1CCCC1. The zero-order valence-corrected chi connectivity index (χ0v) is 10.6. The summed E-state index contributed by atoms with van der Waals surface area (Å²) in [5.41, 5.74) is 5.83. The second kappa shape index (κ2) is 6.38. The van der Waals surface area contributed by atoms with Crippen molar-refractivity contribution in [3.05, 3.63) is 0 Å². The molecule has 88 valence electrons. The molecule has 0 spiro atoms. The van der Waals surface area contributed by atoms with Gasteiger partial charge < -0.3 is 10.6 Å². The number of amides is 1. The number of likely N-dealkylation sites (tertiary alicyclic amines) is 1.